The Bertz CT molecular complexity index is 505. The van der Waals surface area contributed by atoms with Crippen molar-refractivity contribution in [3.63, 3.8) is 0 Å². The van der Waals surface area contributed by atoms with E-state index in [0.717, 1.165) is 24.6 Å². The molecule has 0 unspecified atom stereocenters. The number of aromatic nitrogens is 1. The minimum atomic E-state index is -4.35. The van der Waals surface area contributed by atoms with Gasteiger partial charge in [0, 0.05) is 13.6 Å². The molecule has 110 valence electrons. The van der Waals surface area contributed by atoms with Crippen molar-refractivity contribution >= 4 is 11.6 Å². The Morgan fingerprint density at radius 2 is 1.90 bits per heavy atom. The van der Waals surface area contributed by atoms with Crippen LogP contribution in [0.15, 0.2) is 12.1 Å². The number of nitrogens with zero attached hydrogens (tertiary/aromatic N) is 1. The van der Waals surface area contributed by atoms with Gasteiger partial charge >= 0.3 is 6.18 Å². The van der Waals surface area contributed by atoms with E-state index in [1.165, 1.54) is 25.7 Å². The predicted octanol–water partition coefficient (Wildman–Crippen LogP) is 3.74. The van der Waals surface area contributed by atoms with E-state index >= 15 is 0 Å². The van der Waals surface area contributed by atoms with Crippen molar-refractivity contribution in [3.05, 3.63) is 17.7 Å². The summed E-state index contributed by atoms with van der Waals surface area (Å²) in [7, 11) is 1.57. The first-order chi connectivity index (χ1) is 9.43. The fourth-order valence-electron chi connectivity index (χ4n) is 2.77. The number of alkyl halides is 3. The molecule has 0 aliphatic heterocycles. The molecule has 1 aromatic heterocycles. The number of rotatable bonds is 5. The zero-order valence-electron chi connectivity index (χ0n) is 11.3. The quantitative estimate of drug-likeness (QED) is 0.865. The van der Waals surface area contributed by atoms with E-state index in [1.807, 2.05) is 0 Å². The Hall–Kier alpha value is -1.46. The molecular weight excluding hydrogens is 267 g/mol. The standard InChI is InChI=1S/C14H18F3N3/c1-18-11-6-10(14(15,16)17)7-12(20-11)19-8-13(4-5-13)9-2-3-9/h6-7,9H,2-5,8H2,1H3,(H2,18,19,20). The van der Waals surface area contributed by atoms with Crippen LogP contribution in [0.5, 0.6) is 0 Å². The van der Waals surface area contributed by atoms with Gasteiger partial charge in [-0.05, 0) is 49.1 Å². The van der Waals surface area contributed by atoms with Gasteiger partial charge in [0.1, 0.15) is 11.6 Å². The van der Waals surface area contributed by atoms with Gasteiger partial charge in [-0.25, -0.2) is 4.98 Å². The lowest BCUT2D eigenvalue weighted by Crippen LogP contribution is -2.19. The minimum Gasteiger partial charge on any atom is -0.373 e. The molecule has 0 radical (unpaired) electrons. The molecule has 0 aromatic carbocycles. The van der Waals surface area contributed by atoms with E-state index in [1.54, 1.807) is 7.05 Å². The summed E-state index contributed by atoms with van der Waals surface area (Å²) in [6, 6.07) is 2.11. The molecule has 2 aliphatic carbocycles. The van der Waals surface area contributed by atoms with Crippen LogP contribution >= 0.6 is 0 Å². The molecule has 6 heteroatoms. The third-order valence-corrected chi connectivity index (χ3v) is 4.37. The highest BCUT2D eigenvalue weighted by atomic mass is 19.4. The first-order valence-corrected chi connectivity index (χ1v) is 6.94. The molecule has 2 fully saturated rings. The van der Waals surface area contributed by atoms with Gasteiger partial charge < -0.3 is 10.6 Å². The van der Waals surface area contributed by atoms with Crippen molar-refractivity contribution in [2.45, 2.75) is 31.9 Å². The van der Waals surface area contributed by atoms with E-state index in [-0.39, 0.29) is 5.82 Å². The summed E-state index contributed by atoms with van der Waals surface area (Å²) >= 11 is 0. The van der Waals surface area contributed by atoms with Crippen molar-refractivity contribution in [1.82, 2.24) is 4.98 Å². The second-order valence-corrected chi connectivity index (χ2v) is 5.86. The summed E-state index contributed by atoms with van der Waals surface area (Å²) < 4.78 is 38.5. The summed E-state index contributed by atoms with van der Waals surface area (Å²) in [5.74, 6) is 1.30. The molecule has 3 nitrogen and oxygen atoms in total. The Labute approximate surface area is 116 Å². The highest BCUT2D eigenvalue weighted by molar-refractivity contribution is 5.49. The Balaban J connectivity index is 1.75. The van der Waals surface area contributed by atoms with Gasteiger partial charge in [-0.1, -0.05) is 0 Å². The van der Waals surface area contributed by atoms with Gasteiger partial charge in [-0.2, -0.15) is 13.2 Å². The fourth-order valence-corrected chi connectivity index (χ4v) is 2.77. The highest BCUT2D eigenvalue weighted by Gasteiger charge is 2.53. The Kier molecular flexibility index (Phi) is 3.06. The van der Waals surface area contributed by atoms with Crippen LogP contribution in [0, 0.1) is 11.3 Å². The van der Waals surface area contributed by atoms with Crippen LogP contribution in [0.4, 0.5) is 24.8 Å². The van der Waals surface area contributed by atoms with Gasteiger partial charge in [0.25, 0.3) is 0 Å². The monoisotopic (exact) mass is 285 g/mol. The molecule has 2 aliphatic rings. The van der Waals surface area contributed by atoms with E-state index in [4.69, 9.17) is 0 Å². The van der Waals surface area contributed by atoms with Gasteiger partial charge in [0.05, 0.1) is 5.56 Å². The maximum absolute atomic E-state index is 12.8. The van der Waals surface area contributed by atoms with Crippen LogP contribution in [-0.4, -0.2) is 18.6 Å². The SMILES string of the molecule is CNc1cc(C(F)(F)F)cc(NCC2(C3CC3)CC2)n1. The fraction of sp³-hybridized carbons (Fsp3) is 0.643. The molecule has 0 saturated heterocycles. The third kappa shape index (κ3) is 2.69. The average Bonchev–Trinajstić information content (AvgIpc) is 3.27. The lowest BCUT2D eigenvalue weighted by Gasteiger charge is -2.17. The van der Waals surface area contributed by atoms with Gasteiger partial charge in [0.2, 0.25) is 0 Å². The molecule has 1 heterocycles. The molecule has 0 amide bonds. The lowest BCUT2D eigenvalue weighted by atomic mass is 10.0. The molecule has 0 atom stereocenters. The zero-order chi connectivity index (χ0) is 14.4. The summed E-state index contributed by atoms with van der Waals surface area (Å²) in [5.41, 5.74) is -0.342. The van der Waals surface area contributed by atoms with Crippen molar-refractivity contribution in [2.75, 3.05) is 24.2 Å². The number of halogens is 3. The minimum absolute atomic E-state index is 0.235. The van der Waals surface area contributed by atoms with Crippen LogP contribution < -0.4 is 10.6 Å². The number of nitrogens with one attached hydrogen (secondary N) is 2. The van der Waals surface area contributed by atoms with Crippen LogP contribution in [0.25, 0.3) is 0 Å². The molecule has 3 rings (SSSR count). The molecular formula is C14H18F3N3. The van der Waals surface area contributed by atoms with Crippen molar-refractivity contribution < 1.29 is 13.2 Å². The predicted molar refractivity (Wildman–Crippen MR) is 71.7 cm³/mol. The Morgan fingerprint density at radius 3 is 2.40 bits per heavy atom. The molecule has 2 saturated carbocycles. The van der Waals surface area contributed by atoms with Gasteiger partial charge in [-0.3, -0.25) is 0 Å². The van der Waals surface area contributed by atoms with Crippen molar-refractivity contribution in [3.8, 4) is 0 Å². The largest absolute Gasteiger partial charge is 0.416 e. The number of pyridine rings is 1. The van der Waals surface area contributed by atoms with Crippen LogP contribution in [-0.2, 0) is 6.18 Å². The van der Waals surface area contributed by atoms with Crippen LogP contribution in [0.2, 0.25) is 0 Å². The lowest BCUT2D eigenvalue weighted by molar-refractivity contribution is -0.137. The summed E-state index contributed by atoms with van der Waals surface area (Å²) in [4.78, 5) is 4.15. The van der Waals surface area contributed by atoms with Crippen LogP contribution in [0.3, 0.4) is 0 Å². The first-order valence-electron chi connectivity index (χ1n) is 6.94. The maximum Gasteiger partial charge on any atom is 0.416 e. The molecule has 1 aromatic rings. The van der Waals surface area contributed by atoms with E-state index < -0.39 is 11.7 Å². The second-order valence-electron chi connectivity index (χ2n) is 5.86. The second kappa shape index (κ2) is 4.53. The maximum atomic E-state index is 12.8. The van der Waals surface area contributed by atoms with E-state index in [2.05, 4.69) is 15.6 Å². The third-order valence-electron chi connectivity index (χ3n) is 4.37. The van der Waals surface area contributed by atoms with Crippen molar-refractivity contribution in [2.24, 2.45) is 11.3 Å². The zero-order valence-corrected chi connectivity index (χ0v) is 11.3. The number of hydrogen-bond donors (Lipinski definition) is 2. The number of anilines is 2. The summed E-state index contributed by atoms with van der Waals surface area (Å²) in [6.07, 6.45) is 0.544. The molecule has 20 heavy (non-hydrogen) atoms. The average molecular weight is 285 g/mol. The first kappa shape index (κ1) is 13.5. The summed E-state index contributed by atoms with van der Waals surface area (Å²) in [5, 5.41) is 5.78. The smallest absolute Gasteiger partial charge is 0.373 e. The summed E-state index contributed by atoms with van der Waals surface area (Å²) in [6.45, 7) is 0.731. The van der Waals surface area contributed by atoms with Gasteiger partial charge in [-0.15, -0.1) is 0 Å². The van der Waals surface area contributed by atoms with E-state index in [9.17, 15) is 13.2 Å². The normalized spacial score (nSPS) is 20.6. The highest BCUT2D eigenvalue weighted by Crippen LogP contribution is 2.61. The number of hydrogen-bond acceptors (Lipinski definition) is 3. The molecule has 0 spiro atoms. The topological polar surface area (TPSA) is 37.0 Å². The van der Waals surface area contributed by atoms with E-state index in [0.29, 0.717) is 11.2 Å². The van der Waals surface area contributed by atoms with Crippen molar-refractivity contribution in [1.29, 1.82) is 0 Å². The molecule has 0 bridgehead atoms. The van der Waals surface area contributed by atoms with Gasteiger partial charge in [0.15, 0.2) is 0 Å². The Morgan fingerprint density at radius 1 is 1.25 bits per heavy atom. The van der Waals surface area contributed by atoms with Crippen LogP contribution in [0.1, 0.15) is 31.2 Å². The molecule has 2 N–H and O–H groups in total.